The minimum absolute atomic E-state index is 0.00859. The van der Waals surface area contributed by atoms with E-state index in [1.807, 2.05) is 0 Å². The van der Waals surface area contributed by atoms with Crippen molar-refractivity contribution in [1.29, 1.82) is 0 Å². The second-order valence-corrected chi connectivity index (χ2v) is 3.62. The third-order valence-corrected chi connectivity index (χ3v) is 2.36. The van der Waals surface area contributed by atoms with Crippen molar-refractivity contribution in [2.75, 3.05) is 11.1 Å². The zero-order chi connectivity index (χ0) is 14.0. The van der Waals surface area contributed by atoms with E-state index in [1.54, 1.807) is 0 Å². The SMILES string of the molecule is Nc1c(Nc2ccc(C(=O)O)cc2F)nc[nH]c1=O. The molecule has 2 rings (SSSR count). The van der Waals surface area contributed by atoms with Crippen molar-refractivity contribution in [3.63, 3.8) is 0 Å². The molecular weight excluding hydrogens is 255 g/mol. The monoisotopic (exact) mass is 264 g/mol. The third-order valence-electron chi connectivity index (χ3n) is 2.36. The largest absolute Gasteiger partial charge is 0.478 e. The molecule has 0 aliphatic carbocycles. The smallest absolute Gasteiger partial charge is 0.335 e. The second kappa shape index (κ2) is 4.77. The molecule has 5 N–H and O–H groups in total. The topological polar surface area (TPSA) is 121 Å². The van der Waals surface area contributed by atoms with Crippen molar-refractivity contribution >= 4 is 23.2 Å². The summed E-state index contributed by atoms with van der Waals surface area (Å²) in [5.41, 5.74) is 4.51. The molecule has 0 unspecified atom stereocenters. The molecule has 1 heterocycles. The normalized spacial score (nSPS) is 10.2. The zero-order valence-corrected chi connectivity index (χ0v) is 9.48. The number of carboxylic acids is 1. The van der Waals surface area contributed by atoms with Crippen LogP contribution in [-0.4, -0.2) is 21.0 Å². The lowest BCUT2D eigenvalue weighted by molar-refractivity contribution is 0.0696. The summed E-state index contributed by atoms with van der Waals surface area (Å²) in [6, 6.07) is 3.30. The minimum Gasteiger partial charge on any atom is -0.478 e. The molecule has 2 aromatic rings. The number of H-pyrrole nitrogens is 1. The number of aromatic carboxylic acids is 1. The molecule has 8 heteroatoms. The lowest BCUT2D eigenvalue weighted by Gasteiger charge is -2.08. The predicted octanol–water partition coefficient (Wildman–Crippen LogP) is 0.933. The van der Waals surface area contributed by atoms with Crippen LogP contribution >= 0.6 is 0 Å². The zero-order valence-electron chi connectivity index (χ0n) is 9.48. The van der Waals surface area contributed by atoms with Gasteiger partial charge in [0, 0.05) is 0 Å². The maximum Gasteiger partial charge on any atom is 0.335 e. The number of carboxylic acid groups (broad SMARTS) is 1. The number of hydrogen-bond acceptors (Lipinski definition) is 5. The van der Waals surface area contributed by atoms with Crippen LogP contribution in [0.15, 0.2) is 29.3 Å². The first-order valence-corrected chi connectivity index (χ1v) is 5.12. The molecule has 1 aromatic heterocycles. The van der Waals surface area contributed by atoms with E-state index in [0.29, 0.717) is 0 Å². The van der Waals surface area contributed by atoms with Crippen molar-refractivity contribution < 1.29 is 14.3 Å². The van der Waals surface area contributed by atoms with Crippen LogP contribution in [-0.2, 0) is 0 Å². The van der Waals surface area contributed by atoms with Crippen LogP contribution in [0.3, 0.4) is 0 Å². The van der Waals surface area contributed by atoms with Gasteiger partial charge in [-0.25, -0.2) is 14.2 Å². The molecule has 0 fully saturated rings. The van der Waals surface area contributed by atoms with E-state index in [0.717, 1.165) is 12.4 Å². The Bertz CT molecular complexity index is 699. The standard InChI is InChI=1S/C11H9FN4O3/c12-6-3-5(11(18)19)1-2-7(6)16-9-8(13)10(17)15-4-14-9/h1-4H,13H2,(H,18,19)(H2,14,15,16,17). The van der Waals surface area contributed by atoms with Crippen molar-refractivity contribution in [3.05, 3.63) is 46.3 Å². The number of aromatic amines is 1. The van der Waals surface area contributed by atoms with Crippen LogP contribution in [0.1, 0.15) is 10.4 Å². The number of benzene rings is 1. The third kappa shape index (κ3) is 2.51. The Morgan fingerprint density at radius 2 is 2.21 bits per heavy atom. The number of halogens is 1. The maximum atomic E-state index is 13.6. The fraction of sp³-hybridized carbons (Fsp3) is 0. The highest BCUT2D eigenvalue weighted by molar-refractivity contribution is 5.88. The number of nitrogens with one attached hydrogen (secondary N) is 2. The van der Waals surface area contributed by atoms with Gasteiger partial charge in [-0.3, -0.25) is 4.79 Å². The first-order valence-electron chi connectivity index (χ1n) is 5.12. The molecule has 0 saturated heterocycles. The Labute approximate surface area is 105 Å². The van der Waals surface area contributed by atoms with Gasteiger partial charge < -0.3 is 21.1 Å². The number of nitrogens with zero attached hydrogens (tertiary/aromatic N) is 1. The van der Waals surface area contributed by atoms with Gasteiger partial charge in [-0.1, -0.05) is 0 Å². The van der Waals surface area contributed by atoms with E-state index in [1.165, 1.54) is 12.1 Å². The van der Waals surface area contributed by atoms with Gasteiger partial charge in [0.1, 0.15) is 11.5 Å². The fourth-order valence-corrected chi connectivity index (χ4v) is 1.39. The van der Waals surface area contributed by atoms with Crippen LogP contribution in [0.2, 0.25) is 0 Å². The number of hydrogen-bond donors (Lipinski definition) is 4. The summed E-state index contributed by atoms with van der Waals surface area (Å²) in [5.74, 6) is -2.04. The number of carbonyl (C=O) groups is 1. The summed E-state index contributed by atoms with van der Waals surface area (Å²) in [4.78, 5) is 27.9. The van der Waals surface area contributed by atoms with E-state index in [-0.39, 0.29) is 22.8 Å². The van der Waals surface area contributed by atoms with Crippen molar-refractivity contribution in [3.8, 4) is 0 Å². The lowest BCUT2D eigenvalue weighted by Crippen LogP contribution is -2.15. The summed E-state index contributed by atoms with van der Waals surface area (Å²) < 4.78 is 13.6. The van der Waals surface area contributed by atoms with Crippen LogP contribution < -0.4 is 16.6 Å². The van der Waals surface area contributed by atoms with Crippen molar-refractivity contribution in [2.24, 2.45) is 0 Å². The molecule has 0 spiro atoms. The van der Waals surface area contributed by atoms with Gasteiger partial charge in [0.05, 0.1) is 17.6 Å². The molecule has 0 saturated carbocycles. The van der Waals surface area contributed by atoms with E-state index >= 15 is 0 Å². The fourth-order valence-electron chi connectivity index (χ4n) is 1.39. The molecule has 0 aliphatic rings. The van der Waals surface area contributed by atoms with Crippen molar-refractivity contribution in [2.45, 2.75) is 0 Å². The molecule has 1 aromatic carbocycles. The summed E-state index contributed by atoms with van der Waals surface area (Å²) in [6.07, 6.45) is 1.12. The molecule has 0 aliphatic heterocycles. The van der Waals surface area contributed by atoms with Crippen LogP contribution in [0, 0.1) is 5.82 Å². The van der Waals surface area contributed by atoms with Gasteiger partial charge in [0.2, 0.25) is 0 Å². The molecule has 0 atom stereocenters. The predicted molar refractivity (Wildman–Crippen MR) is 65.9 cm³/mol. The average Bonchev–Trinajstić information content (AvgIpc) is 2.37. The van der Waals surface area contributed by atoms with Crippen LogP contribution in [0.5, 0.6) is 0 Å². The Hall–Kier alpha value is -2.90. The first kappa shape index (κ1) is 12.6. The van der Waals surface area contributed by atoms with Gasteiger partial charge >= 0.3 is 5.97 Å². The minimum atomic E-state index is -1.24. The molecule has 19 heavy (non-hydrogen) atoms. The van der Waals surface area contributed by atoms with E-state index in [2.05, 4.69) is 15.3 Å². The summed E-state index contributed by atoms with van der Waals surface area (Å²) in [7, 11) is 0. The molecule has 0 bridgehead atoms. The Morgan fingerprint density at radius 3 is 2.84 bits per heavy atom. The Balaban J connectivity index is 2.36. The molecule has 7 nitrogen and oxygen atoms in total. The maximum absolute atomic E-state index is 13.6. The number of anilines is 3. The van der Waals surface area contributed by atoms with Crippen LogP contribution in [0.25, 0.3) is 0 Å². The highest BCUT2D eigenvalue weighted by Crippen LogP contribution is 2.21. The lowest BCUT2D eigenvalue weighted by atomic mass is 10.2. The van der Waals surface area contributed by atoms with E-state index in [9.17, 15) is 14.0 Å². The van der Waals surface area contributed by atoms with E-state index in [4.69, 9.17) is 10.8 Å². The van der Waals surface area contributed by atoms with Gasteiger partial charge in [-0.2, -0.15) is 0 Å². The molecule has 0 radical (unpaired) electrons. The number of rotatable bonds is 3. The Kier molecular flexibility index (Phi) is 3.15. The van der Waals surface area contributed by atoms with Crippen LogP contribution in [0.4, 0.5) is 21.6 Å². The number of aromatic nitrogens is 2. The number of nitrogen functional groups attached to an aromatic ring is 1. The Morgan fingerprint density at radius 1 is 1.47 bits per heavy atom. The molecule has 0 amide bonds. The summed E-state index contributed by atoms with van der Waals surface area (Å²) in [6.45, 7) is 0. The first-order chi connectivity index (χ1) is 8.99. The van der Waals surface area contributed by atoms with E-state index < -0.39 is 17.3 Å². The average molecular weight is 264 g/mol. The van der Waals surface area contributed by atoms with Gasteiger partial charge in [-0.05, 0) is 18.2 Å². The summed E-state index contributed by atoms with van der Waals surface area (Å²) in [5, 5.41) is 11.2. The highest BCUT2D eigenvalue weighted by atomic mass is 19.1. The highest BCUT2D eigenvalue weighted by Gasteiger charge is 2.11. The van der Waals surface area contributed by atoms with Gasteiger partial charge in [-0.15, -0.1) is 0 Å². The van der Waals surface area contributed by atoms with Crippen molar-refractivity contribution in [1.82, 2.24) is 9.97 Å². The molecular formula is C11H9FN4O3. The summed E-state index contributed by atoms with van der Waals surface area (Å²) >= 11 is 0. The van der Waals surface area contributed by atoms with Gasteiger partial charge in [0.15, 0.2) is 5.82 Å². The molecule has 98 valence electrons. The van der Waals surface area contributed by atoms with Gasteiger partial charge in [0.25, 0.3) is 5.56 Å². The quantitative estimate of drug-likeness (QED) is 0.654. The second-order valence-electron chi connectivity index (χ2n) is 3.62. The number of nitrogens with two attached hydrogens (primary N) is 1.